The standard InChI is InChI=1S/C17H32N2/c1-12(2)13-8-14-6-7-15(9-13)19(14)16-10-18(11-16)17(3,4)5/h12-16H,6-11H2,1-5H3. The summed E-state index contributed by atoms with van der Waals surface area (Å²) in [7, 11) is 0. The summed E-state index contributed by atoms with van der Waals surface area (Å²) in [5.74, 6) is 1.88. The van der Waals surface area contributed by atoms with Gasteiger partial charge in [-0.2, -0.15) is 0 Å². The molecule has 2 atom stereocenters. The molecule has 3 saturated heterocycles. The van der Waals surface area contributed by atoms with E-state index >= 15 is 0 Å². The maximum Gasteiger partial charge on any atom is 0.0356 e. The molecule has 0 aromatic carbocycles. The Morgan fingerprint density at radius 1 is 0.895 bits per heavy atom. The lowest BCUT2D eigenvalue weighted by molar-refractivity contribution is -0.0622. The second kappa shape index (κ2) is 4.73. The molecular formula is C17H32N2. The van der Waals surface area contributed by atoms with Gasteiger partial charge in [-0.25, -0.2) is 0 Å². The third-order valence-electron chi connectivity index (χ3n) is 6.00. The summed E-state index contributed by atoms with van der Waals surface area (Å²) in [6.45, 7) is 14.5. The molecule has 0 amide bonds. The molecule has 0 aliphatic carbocycles. The minimum atomic E-state index is 0.367. The Kier molecular flexibility index (Phi) is 3.46. The smallest absolute Gasteiger partial charge is 0.0356 e. The monoisotopic (exact) mass is 264 g/mol. The van der Waals surface area contributed by atoms with Crippen molar-refractivity contribution in [2.75, 3.05) is 13.1 Å². The summed E-state index contributed by atoms with van der Waals surface area (Å²) >= 11 is 0. The highest BCUT2D eigenvalue weighted by atomic mass is 15.4. The van der Waals surface area contributed by atoms with Crippen molar-refractivity contribution in [1.82, 2.24) is 9.80 Å². The molecule has 2 bridgehead atoms. The number of fused-ring (bicyclic) bond motifs is 2. The Hall–Kier alpha value is -0.0800. The fourth-order valence-corrected chi connectivity index (χ4v) is 4.59. The van der Waals surface area contributed by atoms with Gasteiger partial charge >= 0.3 is 0 Å². The second-order valence-electron chi connectivity index (χ2n) is 8.54. The number of likely N-dealkylation sites (tertiary alicyclic amines) is 1. The lowest BCUT2D eigenvalue weighted by Gasteiger charge is -2.55. The zero-order valence-corrected chi connectivity index (χ0v) is 13.5. The summed E-state index contributed by atoms with van der Waals surface area (Å²) in [5, 5.41) is 0. The molecule has 2 unspecified atom stereocenters. The average Bonchev–Trinajstić information content (AvgIpc) is 2.48. The molecule has 0 spiro atoms. The van der Waals surface area contributed by atoms with E-state index in [1.165, 1.54) is 38.8 Å². The molecule has 3 aliphatic rings. The van der Waals surface area contributed by atoms with E-state index in [0.717, 1.165) is 30.0 Å². The SMILES string of the molecule is CC(C)C1CC2CCC(C1)N2C1CN(C(C)(C)C)C1. The maximum absolute atomic E-state index is 2.93. The summed E-state index contributed by atoms with van der Waals surface area (Å²) in [6, 6.07) is 2.70. The van der Waals surface area contributed by atoms with Gasteiger partial charge in [-0.15, -0.1) is 0 Å². The molecule has 19 heavy (non-hydrogen) atoms. The van der Waals surface area contributed by atoms with Crippen molar-refractivity contribution in [3.63, 3.8) is 0 Å². The van der Waals surface area contributed by atoms with E-state index in [-0.39, 0.29) is 0 Å². The van der Waals surface area contributed by atoms with Crippen LogP contribution in [0.1, 0.15) is 60.3 Å². The van der Waals surface area contributed by atoms with Crippen LogP contribution in [0.15, 0.2) is 0 Å². The molecule has 0 radical (unpaired) electrons. The zero-order chi connectivity index (χ0) is 13.8. The predicted octanol–water partition coefficient (Wildman–Crippen LogP) is 3.37. The van der Waals surface area contributed by atoms with Gasteiger partial charge in [0.2, 0.25) is 0 Å². The number of nitrogens with zero attached hydrogens (tertiary/aromatic N) is 2. The molecule has 3 heterocycles. The van der Waals surface area contributed by atoms with Crippen LogP contribution in [0.25, 0.3) is 0 Å². The van der Waals surface area contributed by atoms with Crippen molar-refractivity contribution in [2.45, 2.75) is 84.0 Å². The van der Waals surface area contributed by atoms with Crippen LogP contribution < -0.4 is 0 Å². The Bertz CT molecular complexity index is 311. The fraction of sp³-hybridized carbons (Fsp3) is 1.00. The normalized spacial score (nSPS) is 37.9. The third kappa shape index (κ3) is 2.47. The molecule has 0 aromatic heterocycles. The number of piperidine rings is 1. The number of hydrogen-bond donors (Lipinski definition) is 0. The van der Waals surface area contributed by atoms with E-state index in [0.29, 0.717) is 5.54 Å². The Morgan fingerprint density at radius 3 is 1.84 bits per heavy atom. The molecule has 3 aliphatic heterocycles. The van der Waals surface area contributed by atoms with Crippen molar-refractivity contribution >= 4 is 0 Å². The Balaban J connectivity index is 1.60. The second-order valence-corrected chi connectivity index (χ2v) is 8.54. The van der Waals surface area contributed by atoms with Crippen molar-refractivity contribution in [3.8, 4) is 0 Å². The van der Waals surface area contributed by atoms with Gasteiger partial charge in [0.1, 0.15) is 0 Å². The van der Waals surface area contributed by atoms with Crippen LogP contribution in [0, 0.1) is 11.8 Å². The highest BCUT2D eigenvalue weighted by Crippen LogP contribution is 2.44. The van der Waals surface area contributed by atoms with E-state index < -0.39 is 0 Å². The summed E-state index contributed by atoms with van der Waals surface area (Å²) in [5.41, 5.74) is 0.367. The highest BCUT2D eigenvalue weighted by molar-refractivity contribution is 5.04. The van der Waals surface area contributed by atoms with E-state index in [4.69, 9.17) is 0 Å². The van der Waals surface area contributed by atoms with Crippen LogP contribution in [-0.4, -0.2) is 46.6 Å². The molecule has 2 nitrogen and oxygen atoms in total. The quantitative estimate of drug-likeness (QED) is 0.754. The molecular weight excluding hydrogens is 232 g/mol. The Labute approximate surface area is 119 Å². The topological polar surface area (TPSA) is 6.48 Å². The van der Waals surface area contributed by atoms with Crippen LogP contribution in [0.2, 0.25) is 0 Å². The zero-order valence-electron chi connectivity index (χ0n) is 13.5. The summed E-state index contributed by atoms with van der Waals surface area (Å²) in [4.78, 5) is 5.58. The largest absolute Gasteiger partial charge is 0.295 e. The predicted molar refractivity (Wildman–Crippen MR) is 81.3 cm³/mol. The number of hydrogen-bond acceptors (Lipinski definition) is 2. The van der Waals surface area contributed by atoms with Gasteiger partial charge in [-0.05, 0) is 58.3 Å². The van der Waals surface area contributed by atoms with Crippen molar-refractivity contribution in [1.29, 1.82) is 0 Å². The third-order valence-corrected chi connectivity index (χ3v) is 6.00. The molecule has 3 fully saturated rings. The van der Waals surface area contributed by atoms with Gasteiger partial charge in [-0.1, -0.05) is 13.8 Å². The average molecular weight is 264 g/mol. The van der Waals surface area contributed by atoms with E-state index in [9.17, 15) is 0 Å². The first-order valence-electron chi connectivity index (χ1n) is 8.38. The highest BCUT2D eigenvalue weighted by Gasteiger charge is 2.48. The van der Waals surface area contributed by atoms with Crippen LogP contribution in [0.4, 0.5) is 0 Å². The van der Waals surface area contributed by atoms with Crippen molar-refractivity contribution in [3.05, 3.63) is 0 Å². The van der Waals surface area contributed by atoms with Gasteiger partial charge in [0.05, 0.1) is 0 Å². The summed E-state index contributed by atoms with van der Waals surface area (Å²) < 4.78 is 0. The van der Waals surface area contributed by atoms with Gasteiger partial charge in [0.25, 0.3) is 0 Å². The van der Waals surface area contributed by atoms with Crippen LogP contribution >= 0.6 is 0 Å². The lowest BCUT2D eigenvalue weighted by Crippen LogP contribution is -2.67. The summed E-state index contributed by atoms with van der Waals surface area (Å²) in [6.07, 6.45) is 5.89. The van der Waals surface area contributed by atoms with E-state index in [1.807, 2.05) is 0 Å². The van der Waals surface area contributed by atoms with Crippen molar-refractivity contribution in [2.24, 2.45) is 11.8 Å². The fourth-order valence-electron chi connectivity index (χ4n) is 4.59. The maximum atomic E-state index is 2.93. The first-order chi connectivity index (χ1) is 8.86. The molecule has 2 heteroatoms. The number of rotatable bonds is 2. The van der Waals surface area contributed by atoms with Gasteiger partial charge in [0.15, 0.2) is 0 Å². The van der Waals surface area contributed by atoms with E-state index in [2.05, 4.69) is 44.4 Å². The van der Waals surface area contributed by atoms with Crippen LogP contribution in [-0.2, 0) is 0 Å². The van der Waals surface area contributed by atoms with Crippen LogP contribution in [0.3, 0.4) is 0 Å². The van der Waals surface area contributed by atoms with Gasteiger partial charge in [-0.3, -0.25) is 9.80 Å². The van der Waals surface area contributed by atoms with Crippen LogP contribution in [0.5, 0.6) is 0 Å². The first kappa shape index (κ1) is 13.9. The molecule has 0 saturated carbocycles. The molecule has 3 rings (SSSR count). The van der Waals surface area contributed by atoms with Gasteiger partial charge < -0.3 is 0 Å². The minimum absolute atomic E-state index is 0.367. The molecule has 0 N–H and O–H groups in total. The Morgan fingerprint density at radius 2 is 1.42 bits per heavy atom. The minimum Gasteiger partial charge on any atom is -0.295 e. The lowest BCUT2D eigenvalue weighted by atomic mass is 9.81. The first-order valence-corrected chi connectivity index (χ1v) is 8.38. The van der Waals surface area contributed by atoms with Crippen molar-refractivity contribution < 1.29 is 0 Å². The molecule has 0 aromatic rings. The molecule has 110 valence electrons. The van der Waals surface area contributed by atoms with Gasteiger partial charge in [0, 0.05) is 36.8 Å². The van der Waals surface area contributed by atoms with E-state index in [1.54, 1.807) is 0 Å².